The van der Waals surface area contributed by atoms with Crippen molar-refractivity contribution in [3.8, 4) is 0 Å². The van der Waals surface area contributed by atoms with Gasteiger partial charge in [-0.25, -0.2) is 4.68 Å². The smallest absolute Gasteiger partial charge is 0.227 e. The van der Waals surface area contributed by atoms with Crippen molar-refractivity contribution in [2.24, 2.45) is 0 Å². The quantitative estimate of drug-likeness (QED) is 0.840. The molecule has 112 valence electrons. The van der Waals surface area contributed by atoms with Gasteiger partial charge in [0.1, 0.15) is 5.69 Å². The molecule has 7 heteroatoms. The van der Waals surface area contributed by atoms with E-state index in [1.54, 1.807) is 18.4 Å². The molecule has 1 fully saturated rings. The van der Waals surface area contributed by atoms with Crippen LogP contribution in [-0.2, 0) is 22.6 Å². The molecule has 1 amide bonds. The standard InChI is InChI=1S/C14H18N4O2S/c1-20-9-12-7-18(16-15-12)13-2-4-17(8-13)14(19)6-11-3-5-21-10-11/h3,5,7,10,13H,2,4,6,8-9H2,1H3/t13-/m1/s1. The molecule has 21 heavy (non-hydrogen) atoms. The Morgan fingerprint density at radius 3 is 3.24 bits per heavy atom. The van der Waals surface area contributed by atoms with Crippen LogP contribution in [0, 0.1) is 0 Å². The van der Waals surface area contributed by atoms with Gasteiger partial charge in [0.15, 0.2) is 0 Å². The van der Waals surface area contributed by atoms with Gasteiger partial charge in [-0.1, -0.05) is 5.21 Å². The van der Waals surface area contributed by atoms with Gasteiger partial charge in [0.25, 0.3) is 0 Å². The van der Waals surface area contributed by atoms with E-state index in [-0.39, 0.29) is 11.9 Å². The summed E-state index contributed by atoms with van der Waals surface area (Å²) in [5, 5.41) is 12.2. The molecule has 0 radical (unpaired) electrons. The minimum Gasteiger partial charge on any atom is -0.378 e. The number of nitrogens with zero attached hydrogens (tertiary/aromatic N) is 4. The van der Waals surface area contributed by atoms with E-state index in [9.17, 15) is 4.79 Å². The van der Waals surface area contributed by atoms with Gasteiger partial charge in [-0.3, -0.25) is 4.79 Å². The predicted molar refractivity (Wildman–Crippen MR) is 79.0 cm³/mol. The van der Waals surface area contributed by atoms with Crippen molar-refractivity contribution in [3.63, 3.8) is 0 Å². The Morgan fingerprint density at radius 2 is 2.48 bits per heavy atom. The van der Waals surface area contributed by atoms with Crippen molar-refractivity contribution in [2.45, 2.75) is 25.5 Å². The average Bonchev–Trinajstić information content (AvgIpc) is 3.20. The predicted octanol–water partition coefficient (Wildman–Crippen LogP) is 1.50. The molecular weight excluding hydrogens is 288 g/mol. The number of ether oxygens (including phenoxy) is 1. The Kier molecular flexibility index (Phi) is 4.31. The van der Waals surface area contributed by atoms with Crippen molar-refractivity contribution < 1.29 is 9.53 Å². The molecule has 1 aliphatic heterocycles. The number of aromatic nitrogens is 3. The van der Waals surface area contributed by atoms with Crippen LogP contribution in [-0.4, -0.2) is 46.0 Å². The van der Waals surface area contributed by atoms with E-state index < -0.39 is 0 Å². The zero-order valence-corrected chi connectivity index (χ0v) is 12.8. The lowest BCUT2D eigenvalue weighted by atomic mass is 10.2. The molecule has 6 nitrogen and oxygen atoms in total. The zero-order valence-electron chi connectivity index (χ0n) is 11.9. The van der Waals surface area contributed by atoms with E-state index in [2.05, 4.69) is 10.3 Å². The van der Waals surface area contributed by atoms with Crippen molar-refractivity contribution in [1.29, 1.82) is 0 Å². The highest BCUT2D eigenvalue weighted by molar-refractivity contribution is 7.07. The van der Waals surface area contributed by atoms with E-state index >= 15 is 0 Å². The number of amides is 1. The normalized spacial score (nSPS) is 18.3. The number of methoxy groups -OCH3 is 1. The van der Waals surface area contributed by atoms with Crippen LogP contribution in [0.4, 0.5) is 0 Å². The SMILES string of the molecule is COCc1cn([C@@H]2CCN(C(=O)Cc3ccsc3)C2)nn1. The Bertz CT molecular complexity index is 596. The van der Waals surface area contributed by atoms with Crippen molar-refractivity contribution in [1.82, 2.24) is 19.9 Å². The lowest BCUT2D eigenvalue weighted by Gasteiger charge is -2.16. The summed E-state index contributed by atoms with van der Waals surface area (Å²) in [6, 6.07) is 2.22. The maximum atomic E-state index is 12.3. The molecule has 1 aliphatic rings. The first-order chi connectivity index (χ1) is 10.3. The summed E-state index contributed by atoms with van der Waals surface area (Å²) in [4.78, 5) is 14.2. The van der Waals surface area contributed by atoms with E-state index in [0.717, 1.165) is 24.2 Å². The molecule has 2 aromatic rings. The zero-order chi connectivity index (χ0) is 14.7. The number of thiophene rings is 1. The number of rotatable bonds is 5. The maximum Gasteiger partial charge on any atom is 0.227 e. The summed E-state index contributed by atoms with van der Waals surface area (Å²) in [7, 11) is 1.64. The molecule has 0 N–H and O–H groups in total. The summed E-state index contributed by atoms with van der Waals surface area (Å²) in [5.41, 5.74) is 1.91. The van der Waals surface area contributed by atoms with Crippen LogP contribution >= 0.6 is 11.3 Å². The van der Waals surface area contributed by atoms with Crippen LogP contribution in [0.25, 0.3) is 0 Å². The minimum atomic E-state index is 0.188. The highest BCUT2D eigenvalue weighted by Crippen LogP contribution is 2.22. The molecule has 1 atom stereocenters. The number of hydrogen-bond acceptors (Lipinski definition) is 5. The molecule has 3 heterocycles. The molecule has 2 aromatic heterocycles. The Labute approximate surface area is 127 Å². The van der Waals surface area contributed by atoms with E-state index in [0.29, 0.717) is 19.6 Å². The first-order valence-electron chi connectivity index (χ1n) is 6.95. The number of hydrogen-bond donors (Lipinski definition) is 0. The Balaban J connectivity index is 1.58. The molecule has 0 aliphatic carbocycles. The molecule has 0 aromatic carbocycles. The number of likely N-dealkylation sites (tertiary alicyclic amines) is 1. The largest absolute Gasteiger partial charge is 0.378 e. The van der Waals surface area contributed by atoms with Crippen molar-refractivity contribution in [3.05, 3.63) is 34.3 Å². The fourth-order valence-corrected chi connectivity index (χ4v) is 3.24. The van der Waals surface area contributed by atoms with Gasteiger partial charge >= 0.3 is 0 Å². The van der Waals surface area contributed by atoms with E-state index in [4.69, 9.17) is 4.74 Å². The minimum absolute atomic E-state index is 0.188. The summed E-state index contributed by atoms with van der Waals surface area (Å²) < 4.78 is 6.90. The molecule has 3 rings (SSSR count). The second-order valence-corrected chi connectivity index (χ2v) is 5.99. The van der Waals surface area contributed by atoms with E-state index in [1.165, 1.54) is 0 Å². The fraction of sp³-hybridized carbons (Fsp3) is 0.500. The van der Waals surface area contributed by atoms with Crippen LogP contribution in [0.2, 0.25) is 0 Å². The molecule has 0 saturated carbocycles. The van der Waals surface area contributed by atoms with Crippen LogP contribution in [0.3, 0.4) is 0 Å². The van der Waals surface area contributed by atoms with Crippen LogP contribution in [0.1, 0.15) is 23.7 Å². The summed E-state index contributed by atoms with van der Waals surface area (Å²) >= 11 is 1.62. The molecule has 0 spiro atoms. The average molecular weight is 306 g/mol. The summed E-state index contributed by atoms with van der Waals surface area (Å²) in [6.45, 7) is 1.96. The van der Waals surface area contributed by atoms with Crippen molar-refractivity contribution >= 4 is 17.2 Å². The third kappa shape index (κ3) is 3.30. The van der Waals surface area contributed by atoms with Gasteiger partial charge in [0.05, 0.1) is 25.3 Å². The summed E-state index contributed by atoms with van der Waals surface area (Å²) in [6.07, 6.45) is 3.31. The molecule has 1 saturated heterocycles. The van der Waals surface area contributed by atoms with E-state index in [1.807, 2.05) is 32.6 Å². The van der Waals surface area contributed by atoms with Gasteiger partial charge in [0.2, 0.25) is 5.91 Å². The Hall–Kier alpha value is -1.73. The Morgan fingerprint density at radius 1 is 1.57 bits per heavy atom. The molecule has 0 unspecified atom stereocenters. The fourth-order valence-electron chi connectivity index (χ4n) is 2.57. The van der Waals surface area contributed by atoms with Gasteiger partial charge in [-0.05, 0) is 28.8 Å². The van der Waals surface area contributed by atoms with Gasteiger partial charge in [0, 0.05) is 20.2 Å². The molecule has 0 bridgehead atoms. The maximum absolute atomic E-state index is 12.3. The third-order valence-corrected chi connectivity index (χ3v) is 4.41. The number of carbonyl (C=O) groups excluding carboxylic acids is 1. The van der Waals surface area contributed by atoms with Crippen LogP contribution in [0.15, 0.2) is 23.0 Å². The van der Waals surface area contributed by atoms with Gasteiger partial charge < -0.3 is 9.64 Å². The topological polar surface area (TPSA) is 60.2 Å². The lowest BCUT2D eigenvalue weighted by molar-refractivity contribution is -0.129. The van der Waals surface area contributed by atoms with Gasteiger partial charge in [-0.15, -0.1) is 5.10 Å². The second-order valence-electron chi connectivity index (χ2n) is 5.21. The monoisotopic (exact) mass is 306 g/mol. The number of carbonyl (C=O) groups is 1. The third-order valence-electron chi connectivity index (χ3n) is 3.68. The van der Waals surface area contributed by atoms with Crippen LogP contribution < -0.4 is 0 Å². The van der Waals surface area contributed by atoms with Crippen LogP contribution in [0.5, 0.6) is 0 Å². The van der Waals surface area contributed by atoms with Gasteiger partial charge in [-0.2, -0.15) is 11.3 Å². The first kappa shape index (κ1) is 14.2. The van der Waals surface area contributed by atoms with Crippen molar-refractivity contribution in [2.75, 3.05) is 20.2 Å². The highest BCUT2D eigenvalue weighted by Gasteiger charge is 2.28. The summed E-state index contributed by atoms with van der Waals surface area (Å²) in [5.74, 6) is 0.188. The second kappa shape index (κ2) is 6.36. The lowest BCUT2D eigenvalue weighted by Crippen LogP contribution is -2.30. The molecular formula is C14H18N4O2S. The first-order valence-corrected chi connectivity index (χ1v) is 7.89. The highest BCUT2D eigenvalue weighted by atomic mass is 32.1.